The fourth-order valence-electron chi connectivity index (χ4n) is 1.69. The van der Waals surface area contributed by atoms with Crippen LogP contribution in [0.5, 0.6) is 11.5 Å². The van der Waals surface area contributed by atoms with E-state index in [4.69, 9.17) is 22.7 Å². The molecule has 5 nitrogen and oxygen atoms in total. The Balaban J connectivity index is 2.15. The van der Waals surface area contributed by atoms with Crippen molar-refractivity contribution < 1.29 is 14.6 Å². The molecule has 21 heavy (non-hydrogen) atoms. The molecule has 108 valence electrons. The van der Waals surface area contributed by atoms with Gasteiger partial charge in [-0.05, 0) is 30.3 Å². The first-order chi connectivity index (χ1) is 10.1. The molecule has 0 aliphatic rings. The maximum Gasteiger partial charge on any atom is 0.255 e. The van der Waals surface area contributed by atoms with E-state index >= 15 is 0 Å². The molecule has 0 unspecified atom stereocenters. The molecule has 0 atom stereocenters. The van der Waals surface area contributed by atoms with Gasteiger partial charge in [0.05, 0.1) is 5.69 Å². The number of hydrogen-bond acceptors (Lipinski definition) is 4. The molecular weight excluding hydrogens is 288 g/mol. The molecule has 0 aliphatic carbocycles. The molecule has 0 heterocycles. The molecule has 0 saturated heterocycles. The van der Waals surface area contributed by atoms with E-state index in [0.717, 1.165) is 0 Å². The number of carbonyl (C=O) groups is 1. The van der Waals surface area contributed by atoms with E-state index in [9.17, 15) is 9.90 Å². The zero-order chi connectivity index (χ0) is 15.2. The van der Waals surface area contributed by atoms with Crippen molar-refractivity contribution >= 4 is 28.8 Å². The number of hydrogen-bond donors (Lipinski definition) is 3. The molecule has 0 fully saturated rings. The number of ether oxygens (including phenoxy) is 1. The van der Waals surface area contributed by atoms with Crippen LogP contribution in [-0.2, 0) is 0 Å². The largest absolute Gasteiger partial charge is 0.508 e. The molecule has 0 aromatic heterocycles. The van der Waals surface area contributed by atoms with Crippen molar-refractivity contribution in [2.45, 2.75) is 0 Å². The van der Waals surface area contributed by atoms with Crippen LogP contribution in [0.15, 0.2) is 48.5 Å². The van der Waals surface area contributed by atoms with E-state index in [1.807, 2.05) is 0 Å². The van der Waals surface area contributed by atoms with Gasteiger partial charge >= 0.3 is 0 Å². The van der Waals surface area contributed by atoms with Crippen LogP contribution in [0, 0.1) is 0 Å². The Morgan fingerprint density at radius 1 is 1.24 bits per heavy atom. The number of benzene rings is 2. The van der Waals surface area contributed by atoms with Crippen LogP contribution >= 0.6 is 12.2 Å². The molecule has 4 N–H and O–H groups in total. The highest BCUT2D eigenvalue weighted by molar-refractivity contribution is 7.80. The third-order valence-electron chi connectivity index (χ3n) is 2.61. The lowest BCUT2D eigenvalue weighted by Gasteiger charge is -2.12. The zero-order valence-electron chi connectivity index (χ0n) is 11.1. The summed E-state index contributed by atoms with van der Waals surface area (Å²) in [4.78, 5) is 12.4. The van der Waals surface area contributed by atoms with Gasteiger partial charge in [0, 0.05) is 5.56 Å². The average Bonchev–Trinajstić information content (AvgIpc) is 2.46. The van der Waals surface area contributed by atoms with E-state index < -0.39 is 0 Å². The molecule has 2 rings (SSSR count). The Hall–Kier alpha value is -2.60. The summed E-state index contributed by atoms with van der Waals surface area (Å²) < 4.78 is 5.43. The summed E-state index contributed by atoms with van der Waals surface area (Å²) in [5.41, 5.74) is 6.24. The van der Waals surface area contributed by atoms with Gasteiger partial charge in [-0.1, -0.05) is 30.4 Å². The van der Waals surface area contributed by atoms with Crippen molar-refractivity contribution in [3.05, 3.63) is 54.1 Å². The number of para-hydroxylation sites is 2. The number of carbonyl (C=O) groups excluding carboxylic acids is 1. The molecule has 0 bridgehead atoms. The highest BCUT2D eigenvalue weighted by Crippen LogP contribution is 2.24. The van der Waals surface area contributed by atoms with Gasteiger partial charge in [-0.25, -0.2) is 0 Å². The third-order valence-corrected chi connectivity index (χ3v) is 2.73. The summed E-state index contributed by atoms with van der Waals surface area (Å²) in [7, 11) is 0. The molecule has 2 aromatic rings. The van der Waals surface area contributed by atoms with Gasteiger partial charge in [-0.15, -0.1) is 0 Å². The number of rotatable bonds is 5. The van der Waals surface area contributed by atoms with Crippen LogP contribution in [0.3, 0.4) is 0 Å². The van der Waals surface area contributed by atoms with E-state index in [1.165, 1.54) is 12.1 Å². The van der Waals surface area contributed by atoms with Gasteiger partial charge < -0.3 is 20.9 Å². The van der Waals surface area contributed by atoms with Gasteiger partial charge in [0.2, 0.25) is 0 Å². The molecular formula is C15H14N2O3S. The number of nitrogens with two attached hydrogens (primary N) is 1. The smallest absolute Gasteiger partial charge is 0.255 e. The second-order valence-corrected chi connectivity index (χ2v) is 4.78. The van der Waals surface area contributed by atoms with E-state index in [1.54, 1.807) is 36.4 Å². The first-order valence-corrected chi connectivity index (χ1v) is 6.57. The summed E-state index contributed by atoms with van der Waals surface area (Å²) in [6, 6.07) is 13.0. The number of thiocarbonyl (C=S) groups is 1. The van der Waals surface area contributed by atoms with Gasteiger partial charge in [0.1, 0.15) is 23.1 Å². The van der Waals surface area contributed by atoms with Crippen LogP contribution in [0.4, 0.5) is 5.69 Å². The normalized spacial score (nSPS) is 9.90. The summed E-state index contributed by atoms with van der Waals surface area (Å²) in [6.07, 6.45) is 0. The minimum absolute atomic E-state index is 0.0284. The minimum Gasteiger partial charge on any atom is -0.508 e. The van der Waals surface area contributed by atoms with Crippen molar-refractivity contribution in [3.63, 3.8) is 0 Å². The van der Waals surface area contributed by atoms with E-state index in [0.29, 0.717) is 17.0 Å². The van der Waals surface area contributed by atoms with Crippen LogP contribution in [0.2, 0.25) is 0 Å². The standard InChI is InChI=1S/C15H14N2O3S/c16-14(21)9-20-13-7-2-1-6-12(13)17-15(19)10-4-3-5-11(18)8-10/h1-8,18H,9H2,(H2,16,21)(H,17,19). The lowest BCUT2D eigenvalue weighted by molar-refractivity contribution is 0.102. The van der Waals surface area contributed by atoms with Crippen LogP contribution in [-0.4, -0.2) is 22.6 Å². The minimum atomic E-state index is -0.350. The predicted octanol–water partition coefficient (Wildman–Crippen LogP) is 2.31. The number of amides is 1. The fourth-order valence-corrected chi connectivity index (χ4v) is 1.75. The Bertz CT molecular complexity index is 673. The molecule has 2 aromatic carbocycles. The number of phenols is 1. The molecule has 6 heteroatoms. The Morgan fingerprint density at radius 3 is 2.71 bits per heavy atom. The van der Waals surface area contributed by atoms with Crippen molar-refractivity contribution in [1.82, 2.24) is 0 Å². The van der Waals surface area contributed by atoms with Crippen molar-refractivity contribution in [1.29, 1.82) is 0 Å². The molecule has 0 aliphatic heterocycles. The second-order valence-electron chi connectivity index (χ2n) is 4.26. The number of aromatic hydroxyl groups is 1. The lowest BCUT2D eigenvalue weighted by atomic mass is 10.2. The SMILES string of the molecule is NC(=S)COc1ccccc1NC(=O)c1cccc(O)c1. The number of nitrogens with one attached hydrogen (secondary N) is 1. The highest BCUT2D eigenvalue weighted by atomic mass is 32.1. The maximum absolute atomic E-state index is 12.1. The average molecular weight is 302 g/mol. The first kappa shape index (κ1) is 14.8. The molecule has 1 amide bonds. The quantitative estimate of drug-likeness (QED) is 0.738. The van der Waals surface area contributed by atoms with E-state index in [2.05, 4.69) is 5.32 Å². The van der Waals surface area contributed by atoms with Gasteiger partial charge in [-0.3, -0.25) is 4.79 Å². The monoisotopic (exact) mass is 302 g/mol. The van der Waals surface area contributed by atoms with Crippen LogP contribution < -0.4 is 15.8 Å². The Kier molecular flexibility index (Phi) is 4.73. The molecule has 0 spiro atoms. The van der Waals surface area contributed by atoms with Gasteiger partial charge in [0.15, 0.2) is 0 Å². The predicted molar refractivity (Wildman–Crippen MR) is 84.8 cm³/mol. The third kappa shape index (κ3) is 4.19. The van der Waals surface area contributed by atoms with Crippen molar-refractivity contribution in [2.24, 2.45) is 5.73 Å². The second kappa shape index (κ2) is 6.71. The zero-order valence-corrected chi connectivity index (χ0v) is 11.9. The maximum atomic E-state index is 12.1. The number of anilines is 1. The van der Waals surface area contributed by atoms with Crippen molar-refractivity contribution in [2.75, 3.05) is 11.9 Å². The topological polar surface area (TPSA) is 84.6 Å². The summed E-state index contributed by atoms with van der Waals surface area (Å²) >= 11 is 4.75. The first-order valence-electron chi connectivity index (χ1n) is 6.17. The Labute approximate surface area is 127 Å². The fraction of sp³-hybridized carbons (Fsp3) is 0.0667. The summed E-state index contributed by atoms with van der Waals surface area (Å²) in [5.74, 6) is 0.150. The highest BCUT2D eigenvalue weighted by Gasteiger charge is 2.10. The number of phenolic OH excluding ortho intramolecular Hbond substituents is 1. The van der Waals surface area contributed by atoms with Crippen molar-refractivity contribution in [3.8, 4) is 11.5 Å². The summed E-state index contributed by atoms with van der Waals surface area (Å²) in [6.45, 7) is 0.0916. The summed E-state index contributed by atoms with van der Waals surface area (Å²) in [5, 5.41) is 12.1. The molecule has 0 saturated carbocycles. The van der Waals surface area contributed by atoms with Crippen LogP contribution in [0.1, 0.15) is 10.4 Å². The lowest BCUT2D eigenvalue weighted by Crippen LogP contribution is -2.19. The molecule has 0 radical (unpaired) electrons. The van der Waals surface area contributed by atoms with E-state index in [-0.39, 0.29) is 23.3 Å². The van der Waals surface area contributed by atoms with Gasteiger partial charge in [-0.2, -0.15) is 0 Å². The Morgan fingerprint density at radius 2 is 2.00 bits per heavy atom. The van der Waals surface area contributed by atoms with Gasteiger partial charge in [0.25, 0.3) is 5.91 Å². The van der Waals surface area contributed by atoms with Crippen LogP contribution in [0.25, 0.3) is 0 Å².